The zero-order chi connectivity index (χ0) is 25.3. The van der Waals surface area contributed by atoms with Crippen molar-refractivity contribution in [2.45, 2.75) is 57.7 Å². The molecule has 0 aliphatic carbocycles. The predicted molar refractivity (Wildman–Crippen MR) is 136 cm³/mol. The maximum Gasteiger partial charge on any atom is 0.349 e. The number of imide groups is 1. The smallest absolute Gasteiger partial charge is 0.323 e. The van der Waals surface area contributed by atoms with Crippen molar-refractivity contribution in [3.63, 3.8) is 0 Å². The standard InChI is InChI=1S/C24H34N4O4S2/c1-16(2)11-12-17(15-34-19-10-8-14-33-19)22(30)28(32)23(31)27-20(24(3,4)5)21(29)26-18-9-6-7-13-25-18/h6-10,13-14,16-17,20,32H,11-12,15H2,1-5H3,(H,27,31)(H,25,26,29)/t17-,20?/m1/s1. The summed E-state index contributed by atoms with van der Waals surface area (Å²) in [7, 11) is 0. The Balaban J connectivity index is 2.09. The Kier molecular flexibility index (Phi) is 10.5. The topological polar surface area (TPSA) is 112 Å². The molecule has 0 bridgehead atoms. The Morgan fingerprint density at radius 3 is 2.44 bits per heavy atom. The molecule has 3 N–H and O–H groups in total. The number of amides is 4. The number of carbonyl (C=O) groups excluding carboxylic acids is 3. The van der Waals surface area contributed by atoms with Crippen LogP contribution in [0.4, 0.5) is 10.6 Å². The summed E-state index contributed by atoms with van der Waals surface area (Å²) in [6.07, 6.45) is 2.87. The Labute approximate surface area is 209 Å². The quantitative estimate of drug-likeness (QED) is 0.230. The van der Waals surface area contributed by atoms with Crippen LogP contribution in [0.15, 0.2) is 46.1 Å². The van der Waals surface area contributed by atoms with E-state index in [4.69, 9.17) is 0 Å². The van der Waals surface area contributed by atoms with Gasteiger partial charge in [0.15, 0.2) is 0 Å². The van der Waals surface area contributed by atoms with E-state index in [1.165, 1.54) is 11.8 Å². The molecule has 0 fully saturated rings. The van der Waals surface area contributed by atoms with Gasteiger partial charge in [-0.1, -0.05) is 53.2 Å². The molecule has 2 aromatic heterocycles. The van der Waals surface area contributed by atoms with Crippen molar-refractivity contribution < 1.29 is 19.6 Å². The first-order chi connectivity index (χ1) is 16.0. The number of thioether (sulfide) groups is 1. The lowest BCUT2D eigenvalue weighted by Crippen LogP contribution is -2.56. The maximum atomic E-state index is 13.0. The number of carbonyl (C=O) groups is 3. The normalized spacial score (nSPS) is 13.3. The minimum atomic E-state index is -1.03. The highest BCUT2D eigenvalue weighted by Crippen LogP contribution is 2.28. The largest absolute Gasteiger partial charge is 0.349 e. The molecule has 8 nitrogen and oxygen atoms in total. The van der Waals surface area contributed by atoms with E-state index in [-0.39, 0.29) is 5.06 Å². The SMILES string of the molecule is CC(C)CC[C@H](CSc1cccs1)C(=O)N(O)C(=O)NC(C(=O)Nc1ccccn1)C(C)(C)C. The van der Waals surface area contributed by atoms with Crippen LogP contribution in [-0.2, 0) is 9.59 Å². The van der Waals surface area contributed by atoms with Crippen LogP contribution in [0.25, 0.3) is 0 Å². The van der Waals surface area contributed by atoms with Gasteiger partial charge in [0.2, 0.25) is 5.91 Å². The molecule has 2 rings (SSSR count). The molecular weight excluding hydrogens is 472 g/mol. The van der Waals surface area contributed by atoms with Crippen LogP contribution in [0.3, 0.4) is 0 Å². The number of pyridine rings is 1. The maximum absolute atomic E-state index is 13.0. The first kappa shape index (κ1) is 27.8. The molecule has 0 radical (unpaired) electrons. The van der Waals surface area contributed by atoms with Crippen molar-refractivity contribution >= 4 is 46.8 Å². The molecule has 2 heterocycles. The number of thiophene rings is 1. The van der Waals surface area contributed by atoms with Gasteiger partial charge in [-0.25, -0.2) is 9.78 Å². The number of nitrogens with zero attached hydrogens (tertiary/aromatic N) is 2. The third-order valence-electron chi connectivity index (χ3n) is 5.08. The van der Waals surface area contributed by atoms with Gasteiger partial charge >= 0.3 is 6.03 Å². The molecule has 0 saturated carbocycles. The van der Waals surface area contributed by atoms with E-state index in [1.807, 2.05) is 17.5 Å². The number of anilines is 1. The number of hydroxylamine groups is 2. The highest BCUT2D eigenvalue weighted by molar-refractivity contribution is 8.01. The Hall–Kier alpha value is -2.43. The van der Waals surface area contributed by atoms with Crippen molar-refractivity contribution in [2.24, 2.45) is 17.3 Å². The average Bonchev–Trinajstić information content (AvgIpc) is 3.29. The lowest BCUT2D eigenvalue weighted by Gasteiger charge is -2.31. The van der Waals surface area contributed by atoms with E-state index in [0.717, 1.165) is 10.6 Å². The second-order valence-electron chi connectivity index (χ2n) is 9.51. The molecule has 0 saturated heterocycles. The summed E-state index contributed by atoms with van der Waals surface area (Å²) in [5, 5.41) is 17.7. The molecule has 1 unspecified atom stereocenters. The fourth-order valence-electron chi connectivity index (χ4n) is 3.11. The monoisotopic (exact) mass is 506 g/mol. The molecule has 34 heavy (non-hydrogen) atoms. The lowest BCUT2D eigenvalue weighted by atomic mass is 9.86. The second kappa shape index (κ2) is 12.9. The number of hydrogen-bond donors (Lipinski definition) is 3. The van der Waals surface area contributed by atoms with Gasteiger partial charge in [-0.15, -0.1) is 28.2 Å². The summed E-state index contributed by atoms with van der Waals surface area (Å²) in [5.41, 5.74) is -0.690. The molecule has 4 amide bonds. The van der Waals surface area contributed by atoms with Gasteiger partial charge in [0.05, 0.1) is 10.1 Å². The molecule has 0 aliphatic rings. The van der Waals surface area contributed by atoms with Crippen molar-refractivity contribution in [3.05, 3.63) is 41.9 Å². The van der Waals surface area contributed by atoms with Gasteiger partial charge in [0.25, 0.3) is 5.91 Å². The zero-order valence-electron chi connectivity index (χ0n) is 20.3. The Morgan fingerprint density at radius 1 is 1.15 bits per heavy atom. The van der Waals surface area contributed by atoms with Gasteiger partial charge < -0.3 is 10.6 Å². The summed E-state index contributed by atoms with van der Waals surface area (Å²) in [6, 6.07) is 6.94. The van der Waals surface area contributed by atoms with Gasteiger partial charge in [0.1, 0.15) is 11.9 Å². The fraction of sp³-hybridized carbons (Fsp3) is 0.500. The average molecular weight is 507 g/mol. The van der Waals surface area contributed by atoms with Crippen LogP contribution in [0.1, 0.15) is 47.5 Å². The first-order valence-electron chi connectivity index (χ1n) is 11.2. The van der Waals surface area contributed by atoms with Crippen molar-refractivity contribution in [1.82, 2.24) is 15.4 Å². The molecule has 0 spiro atoms. The van der Waals surface area contributed by atoms with Crippen LogP contribution in [0.2, 0.25) is 0 Å². The van der Waals surface area contributed by atoms with Gasteiger partial charge in [-0.05, 0) is 41.3 Å². The molecule has 0 aromatic carbocycles. The van der Waals surface area contributed by atoms with E-state index in [9.17, 15) is 19.6 Å². The van der Waals surface area contributed by atoms with Crippen molar-refractivity contribution in [3.8, 4) is 0 Å². The lowest BCUT2D eigenvalue weighted by molar-refractivity contribution is -0.157. The molecule has 2 atom stereocenters. The summed E-state index contributed by atoms with van der Waals surface area (Å²) in [5.74, 6) is -0.555. The zero-order valence-corrected chi connectivity index (χ0v) is 21.9. The van der Waals surface area contributed by atoms with E-state index < -0.39 is 35.2 Å². The van der Waals surface area contributed by atoms with Crippen LogP contribution in [-0.4, -0.2) is 44.9 Å². The van der Waals surface area contributed by atoms with E-state index in [1.54, 1.807) is 56.5 Å². The van der Waals surface area contributed by atoms with Gasteiger partial charge in [0, 0.05) is 11.9 Å². The number of nitrogens with one attached hydrogen (secondary N) is 2. The Bertz CT molecular complexity index is 930. The van der Waals surface area contributed by atoms with E-state index in [2.05, 4.69) is 29.5 Å². The third kappa shape index (κ3) is 8.73. The highest BCUT2D eigenvalue weighted by atomic mass is 32.2. The Morgan fingerprint density at radius 2 is 1.88 bits per heavy atom. The fourth-order valence-corrected chi connectivity index (χ4v) is 5.05. The van der Waals surface area contributed by atoms with E-state index >= 15 is 0 Å². The van der Waals surface area contributed by atoms with Crippen LogP contribution in [0, 0.1) is 17.3 Å². The molecule has 10 heteroatoms. The van der Waals surface area contributed by atoms with Crippen molar-refractivity contribution in [2.75, 3.05) is 11.1 Å². The first-order valence-corrected chi connectivity index (χ1v) is 13.1. The number of rotatable bonds is 10. The van der Waals surface area contributed by atoms with Gasteiger partial charge in [-0.2, -0.15) is 0 Å². The summed E-state index contributed by atoms with van der Waals surface area (Å²) in [4.78, 5) is 42.8. The van der Waals surface area contributed by atoms with Gasteiger partial charge in [-0.3, -0.25) is 14.8 Å². The highest BCUT2D eigenvalue weighted by Gasteiger charge is 2.36. The molecule has 0 aliphatic heterocycles. The predicted octanol–water partition coefficient (Wildman–Crippen LogP) is 5.27. The molecule has 2 aromatic rings. The second-order valence-corrected chi connectivity index (χ2v) is 11.8. The number of aromatic nitrogens is 1. The van der Waals surface area contributed by atoms with E-state index in [0.29, 0.717) is 23.9 Å². The van der Waals surface area contributed by atoms with Crippen LogP contribution in [0.5, 0.6) is 0 Å². The third-order valence-corrected chi connectivity index (χ3v) is 7.37. The number of urea groups is 1. The summed E-state index contributed by atoms with van der Waals surface area (Å²) < 4.78 is 1.07. The van der Waals surface area contributed by atoms with Crippen LogP contribution >= 0.6 is 23.1 Å². The number of hydrogen-bond acceptors (Lipinski definition) is 7. The van der Waals surface area contributed by atoms with Crippen molar-refractivity contribution in [1.29, 1.82) is 0 Å². The van der Waals surface area contributed by atoms with Crippen LogP contribution < -0.4 is 10.6 Å². The summed E-state index contributed by atoms with van der Waals surface area (Å²) in [6.45, 7) is 9.46. The molecule has 186 valence electrons. The summed E-state index contributed by atoms with van der Waals surface area (Å²) >= 11 is 3.10. The minimum Gasteiger partial charge on any atom is -0.323 e. The minimum absolute atomic E-state index is 0.118. The molecular formula is C24H34N4O4S2.